The number of carbonyl (C=O) groups excluding carboxylic acids is 1. The minimum absolute atomic E-state index is 0.166. The van der Waals surface area contributed by atoms with Crippen LogP contribution in [0.3, 0.4) is 0 Å². The van der Waals surface area contributed by atoms with Gasteiger partial charge in [0.05, 0.1) is 43.6 Å². The molecule has 0 unspecified atom stereocenters. The first-order chi connectivity index (χ1) is 12.6. The molecule has 0 atom stereocenters. The fourth-order valence-electron chi connectivity index (χ4n) is 2.62. The van der Waals surface area contributed by atoms with Gasteiger partial charge in [0, 0.05) is 5.56 Å². The van der Waals surface area contributed by atoms with E-state index in [9.17, 15) is 4.79 Å². The number of likely N-dealkylation sites (N-methyl/N-ethyl adjacent to an activating group) is 1. The number of quaternary nitrogens is 1. The molecule has 1 amide bonds. The van der Waals surface area contributed by atoms with Gasteiger partial charge in [0.2, 0.25) is 0 Å². The molecule has 0 saturated carbocycles. The maximum Gasteiger partial charge on any atom is 0.270 e. The van der Waals surface area contributed by atoms with Gasteiger partial charge >= 0.3 is 0 Å². The van der Waals surface area contributed by atoms with Crippen LogP contribution in [0.2, 0.25) is 5.02 Å². The molecular weight excluding hydrogens is 348 g/mol. The monoisotopic (exact) mass is 369 g/mol. The van der Waals surface area contributed by atoms with Crippen LogP contribution in [0.4, 0.5) is 0 Å². The topological polar surface area (TPSA) is 51.4 Å². The number of aromatic nitrogens is 2. The second-order valence-electron chi connectivity index (χ2n) is 6.36. The normalized spacial score (nSPS) is 10.9. The Morgan fingerprint density at radius 1 is 1.12 bits per heavy atom. The fourth-order valence-corrected chi connectivity index (χ4v) is 2.83. The second-order valence-corrected chi connectivity index (χ2v) is 6.76. The Hall–Kier alpha value is -2.63. The molecule has 0 saturated heterocycles. The number of amides is 1. The van der Waals surface area contributed by atoms with E-state index in [0.717, 1.165) is 17.8 Å². The molecule has 3 rings (SSSR count). The standard InChI is InChI=1S/C20H21ClN4O/c1-24(2)13-12-22-20(26)19-14-17(15-8-4-3-5-9-15)23-25(19)18-11-7-6-10-16(18)21/h3-11,14H,12-13H2,1-2H3,(H,22,26)/p+1. The maximum atomic E-state index is 12.8. The third kappa shape index (κ3) is 4.12. The van der Waals surface area contributed by atoms with Crippen LogP contribution in [0, 0.1) is 0 Å². The number of halogens is 1. The van der Waals surface area contributed by atoms with Crippen molar-refractivity contribution >= 4 is 17.5 Å². The van der Waals surface area contributed by atoms with Crippen LogP contribution in [0.15, 0.2) is 60.7 Å². The quantitative estimate of drug-likeness (QED) is 0.699. The smallest absolute Gasteiger partial charge is 0.270 e. The highest BCUT2D eigenvalue weighted by atomic mass is 35.5. The van der Waals surface area contributed by atoms with Crippen LogP contribution in [0.1, 0.15) is 10.5 Å². The van der Waals surface area contributed by atoms with Crippen LogP contribution in [0.25, 0.3) is 16.9 Å². The molecule has 6 heteroatoms. The molecule has 0 radical (unpaired) electrons. The van der Waals surface area contributed by atoms with Gasteiger partial charge in [0.15, 0.2) is 0 Å². The number of para-hydroxylation sites is 1. The number of rotatable bonds is 6. The van der Waals surface area contributed by atoms with Crippen molar-refractivity contribution in [1.82, 2.24) is 15.1 Å². The summed E-state index contributed by atoms with van der Waals surface area (Å²) in [5, 5.41) is 8.15. The van der Waals surface area contributed by atoms with Gasteiger partial charge in [-0.15, -0.1) is 0 Å². The SMILES string of the molecule is C[NH+](C)CCNC(=O)c1cc(-c2ccccc2)nn1-c1ccccc1Cl. The number of nitrogens with zero attached hydrogens (tertiary/aromatic N) is 2. The highest BCUT2D eigenvalue weighted by molar-refractivity contribution is 6.32. The Morgan fingerprint density at radius 3 is 2.50 bits per heavy atom. The molecule has 134 valence electrons. The lowest BCUT2D eigenvalue weighted by atomic mass is 10.1. The molecule has 0 aliphatic rings. The summed E-state index contributed by atoms with van der Waals surface area (Å²) in [4.78, 5) is 14.0. The van der Waals surface area contributed by atoms with Crippen molar-refractivity contribution in [2.45, 2.75) is 0 Å². The van der Waals surface area contributed by atoms with Crippen LogP contribution in [0.5, 0.6) is 0 Å². The van der Waals surface area contributed by atoms with Crippen LogP contribution < -0.4 is 10.2 Å². The molecule has 0 aliphatic heterocycles. The summed E-state index contributed by atoms with van der Waals surface area (Å²) < 4.78 is 1.61. The fraction of sp³-hybridized carbons (Fsp3) is 0.200. The Morgan fingerprint density at radius 2 is 1.81 bits per heavy atom. The van der Waals surface area contributed by atoms with E-state index in [1.807, 2.05) is 62.6 Å². The van der Waals surface area contributed by atoms with Gasteiger partial charge in [0.1, 0.15) is 5.69 Å². The van der Waals surface area contributed by atoms with E-state index >= 15 is 0 Å². The molecule has 26 heavy (non-hydrogen) atoms. The number of benzene rings is 2. The first kappa shape index (κ1) is 18.2. The molecule has 0 aliphatic carbocycles. The molecule has 0 fully saturated rings. The zero-order valence-electron chi connectivity index (χ0n) is 14.9. The van der Waals surface area contributed by atoms with Crippen molar-refractivity contribution in [1.29, 1.82) is 0 Å². The summed E-state index contributed by atoms with van der Waals surface area (Å²) in [5.41, 5.74) is 2.82. The van der Waals surface area contributed by atoms with Gasteiger partial charge in [0.25, 0.3) is 5.91 Å². The minimum Gasteiger partial charge on any atom is -0.345 e. The van der Waals surface area contributed by atoms with E-state index in [0.29, 0.717) is 22.9 Å². The molecular formula is C20H22ClN4O+. The lowest BCUT2D eigenvalue weighted by Crippen LogP contribution is -3.06. The number of carbonyl (C=O) groups is 1. The maximum absolute atomic E-state index is 12.8. The largest absolute Gasteiger partial charge is 0.345 e. The highest BCUT2D eigenvalue weighted by Gasteiger charge is 2.19. The molecule has 1 heterocycles. The Kier molecular flexibility index (Phi) is 5.71. The van der Waals surface area contributed by atoms with Gasteiger partial charge in [-0.05, 0) is 18.2 Å². The van der Waals surface area contributed by atoms with E-state index in [4.69, 9.17) is 11.6 Å². The highest BCUT2D eigenvalue weighted by Crippen LogP contribution is 2.25. The van der Waals surface area contributed by atoms with Crippen molar-refractivity contribution < 1.29 is 9.69 Å². The summed E-state index contributed by atoms with van der Waals surface area (Å²) in [6, 6.07) is 19.0. The van der Waals surface area contributed by atoms with Crippen LogP contribution in [-0.4, -0.2) is 42.9 Å². The lowest BCUT2D eigenvalue weighted by Gasteiger charge is -2.10. The number of nitrogens with one attached hydrogen (secondary N) is 2. The average molecular weight is 370 g/mol. The van der Waals surface area contributed by atoms with Crippen LogP contribution in [-0.2, 0) is 0 Å². The molecule has 0 bridgehead atoms. The minimum atomic E-state index is -0.166. The van der Waals surface area contributed by atoms with E-state index in [1.54, 1.807) is 16.8 Å². The zero-order chi connectivity index (χ0) is 18.5. The Bertz CT molecular complexity index is 890. The van der Waals surface area contributed by atoms with E-state index in [-0.39, 0.29) is 5.91 Å². The second kappa shape index (κ2) is 8.17. The predicted molar refractivity (Wildman–Crippen MR) is 104 cm³/mol. The molecule has 1 aromatic heterocycles. The summed E-state index contributed by atoms with van der Waals surface area (Å²) in [7, 11) is 4.10. The van der Waals surface area contributed by atoms with Gasteiger partial charge in [-0.3, -0.25) is 4.79 Å². The molecule has 5 nitrogen and oxygen atoms in total. The van der Waals surface area contributed by atoms with Crippen molar-refractivity contribution in [2.24, 2.45) is 0 Å². The van der Waals surface area contributed by atoms with E-state index in [2.05, 4.69) is 10.4 Å². The zero-order valence-corrected chi connectivity index (χ0v) is 15.6. The van der Waals surface area contributed by atoms with Gasteiger partial charge < -0.3 is 10.2 Å². The van der Waals surface area contributed by atoms with Gasteiger partial charge in [-0.1, -0.05) is 54.1 Å². The van der Waals surface area contributed by atoms with Gasteiger partial charge in [-0.25, -0.2) is 4.68 Å². The molecule has 2 aromatic carbocycles. The number of hydrogen-bond acceptors (Lipinski definition) is 2. The summed E-state index contributed by atoms with van der Waals surface area (Å²) in [6.07, 6.45) is 0. The summed E-state index contributed by atoms with van der Waals surface area (Å²) >= 11 is 6.34. The Balaban J connectivity index is 2.00. The van der Waals surface area contributed by atoms with E-state index in [1.165, 1.54) is 4.90 Å². The third-order valence-electron chi connectivity index (χ3n) is 4.00. The third-order valence-corrected chi connectivity index (χ3v) is 4.32. The van der Waals surface area contributed by atoms with Gasteiger partial charge in [-0.2, -0.15) is 5.10 Å². The lowest BCUT2D eigenvalue weighted by molar-refractivity contribution is -0.856. The van der Waals surface area contributed by atoms with Crippen molar-refractivity contribution in [3.8, 4) is 16.9 Å². The predicted octanol–water partition coefficient (Wildman–Crippen LogP) is 2.07. The van der Waals surface area contributed by atoms with Crippen LogP contribution >= 0.6 is 11.6 Å². The number of hydrogen-bond donors (Lipinski definition) is 2. The van der Waals surface area contributed by atoms with E-state index < -0.39 is 0 Å². The first-order valence-corrected chi connectivity index (χ1v) is 8.91. The average Bonchev–Trinajstić information content (AvgIpc) is 3.08. The first-order valence-electron chi connectivity index (χ1n) is 8.54. The molecule has 2 N–H and O–H groups in total. The summed E-state index contributed by atoms with van der Waals surface area (Å²) in [6.45, 7) is 1.44. The summed E-state index contributed by atoms with van der Waals surface area (Å²) in [5.74, 6) is -0.166. The molecule has 0 spiro atoms. The van der Waals surface area contributed by atoms with Crippen molar-refractivity contribution in [2.75, 3.05) is 27.2 Å². The Labute approximate surface area is 158 Å². The van der Waals surface area contributed by atoms with Crippen molar-refractivity contribution in [3.63, 3.8) is 0 Å². The molecule has 3 aromatic rings. The van der Waals surface area contributed by atoms with Crippen molar-refractivity contribution in [3.05, 3.63) is 71.4 Å².